The lowest BCUT2D eigenvalue weighted by Crippen LogP contribution is -2.30. The Labute approximate surface area is 666 Å². The molecule has 0 aromatic rings. The third-order valence-corrected chi connectivity index (χ3v) is 18.4. The zero-order valence-corrected chi connectivity index (χ0v) is 69.9. The summed E-state index contributed by atoms with van der Waals surface area (Å²) in [4.78, 5) is 73.2. The summed E-state index contributed by atoms with van der Waals surface area (Å²) in [6.45, 7) is 4.30. The van der Waals surface area contributed by atoms with Gasteiger partial charge in [-0.05, 0) is 180 Å². The summed E-state index contributed by atoms with van der Waals surface area (Å²) in [6, 6.07) is 0. The highest BCUT2D eigenvalue weighted by Gasteiger charge is 2.30. The number of carbonyl (C=O) groups is 4. The summed E-state index contributed by atoms with van der Waals surface area (Å²) >= 11 is 0. The standard InChI is InChI=1S/C91H146O17P2/c1-5-9-13-17-21-25-29-33-37-40-42-45-49-52-56-60-64-68-72-76-89(94)102-82-87(108-91(96)78-74-70-66-62-58-54-50-46-43-41-38-34-30-26-22-18-14-10-6-2)84-106-110(99,100)104-80-85(92)79-103-109(97,98)105-83-86(107-90(95)77-73-69-65-61-57-53-47-36-32-28-24-20-16-12-8-4)81-101-88(93)75-71-67-63-59-55-51-48-44-39-35-31-27-23-19-15-11-7-3/h9-16,21-28,33-39,42-43,45-48,51,57,61,85-87,92H,5-8,17-20,29-32,40-41,44,49-50,52-56,58-60,62-84H2,1-4H3,(H,97,98)(H,99,100)/b13-9-,14-10-,15-11-,16-12-,25-21-,26-22-,27-23-,28-24-,37-33-,38-34-,39-35-,45-42-,46-43-,47-36-,51-48-,61-57-. The molecule has 0 amide bonds. The first kappa shape index (κ1) is 104. The number of phosphoric ester groups is 2. The van der Waals surface area contributed by atoms with E-state index >= 15 is 0 Å². The highest BCUT2D eigenvalue weighted by Crippen LogP contribution is 2.45. The number of phosphoric acid groups is 2. The summed E-state index contributed by atoms with van der Waals surface area (Å²) in [6.07, 6.45) is 99.7. The molecule has 0 saturated heterocycles. The zero-order chi connectivity index (χ0) is 80.3. The highest BCUT2D eigenvalue weighted by molar-refractivity contribution is 7.47. The van der Waals surface area contributed by atoms with Crippen molar-refractivity contribution in [2.75, 3.05) is 39.6 Å². The second kappa shape index (κ2) is 80.9. The monoisotopic (exact) mass is 1570 g/mol. The number of aliphatic hydroxyl groups is 1. The molecule has 5 atom stereocenters. The van der Waals surface area contributed by atoms with E-state index in [1.54, 1.807) is 0 Å². The van der Waals surface area contributed by atoms with E-state index in [4.69, 9.17) is 37.0 Å². The SMILES string of the molecule is CC/C=C\C/C=C\C/C=C\C/C=C\CCCCCCCCC(=O)OCC(COP(=O)(O)OCC(O)COP(=O)(O)OCC(COC(=O)CCCCCC/C=C\C/C=C\C/C=C\C/C=C\CC)OC(=O)CCCC/C=C\C/C=C\C/C=C\C/C=C\CC)OC(=O)CCCCCCCC/C=C\C/C=C\C/C=C\C/C=C\CC. The largest absolute Gasteiger partial charge is 0.472 e. The number of rotatable bonds is 76. The molecule has 0 heterocycles. The van der Waals surface area contributed by atoms with Crippen molar-refractivity contribution in [3.63, 3.8) is 0 Å². The quantitative estimate of drug-likeness (QED) is 0.0169. The average Bonchev–Trinajstić information content (AvgIpc) is 0.900. The number of aliphatic hydroxyl groups excluding tert-OH is 1. The third-order valence-electron chi connectivity index (χ3n) is 16.5. The van der Waals surface area contributed by atoms with Crippen molar-refractivity contribution in [1.82, 2.24) is 0 Å². The average molecular weight is 1570 g/mol. The molecule has 3 N–H and O–H groups in total. The van der Waals surface area contributed by atoms with Crippen LogP contribution in [0.1, 0.15) is 297 Å². The summed E-state index contributed by atoms with van der Waals surface area (Å²) in [5, 5.41) is 10.7. The van der Waals surface area contributed by atoms with Gasteiger partial charge in [-0.15, -0.1) is 0 Å². The molecule has 0 aliphatic rings. The van der Waals surface area contributed by atoms with Crippen LogP contribution in [0.3, 0.4) is 0 Å². The van der Waals surface area contributed by atoms with Crippen LogP contribution in [0.4, 0.5) is 0 Å². The molecule has 0 saturated carbocycles. The molecule has 0 aliphatic heterocycles. The molecule has 0 bridgehead atoms. The Balaban J connectivity index is 5.48. The van der Waals surface area contributed by atoms with E-state index in [0.29, 0.717) is 32.1 Å². The number of allylic oxidation sites excluding steroid dienone is 32. The molecule has 0 fully saturated rings. The summed E-state index contributed by atoms with van der Waals surface area (Å²) < 4.78 is 68.7. The molecule has 17 nitrogen and oxygen atoms in total. The van der Waals surface area contributed by atoms with Crippen molar-refractivity contribution in [2.24, 2.45) is 0 Å². The van der Waals surface area contributed by atoms with Crippen LogP contribution in [0.25, 0.3) is 0 Å². The van der Waals surface area contributed by atoms with E-state index in [0.717, 1.165) is 212 Å². The number of carbonyl (C=O) groups excluding carboxylic acids is 4. The predicted octanol–water partition coefficient (Wildman–Crippen LogP) is 24.9. The van der Waals surface area contributed by atoms with Gasteiger partial charge in [-0.1, -0.05) is 286 Å². The maximum Gasteiger partial charge on any atom is 0.472 e. The molecule has 19 heteroatoms. The number of unbranched alkanes of at least 4 members (excludes halogenated alkanes) is 18. The lowest BCUT2D eigenvalue weighted by atomic mass is 10.1. The van der Waals surface area contributed by atoms with Crippen molar-refractivity contribution < 1.29 is 80.2 Å². The zero-order valence-electron chi connectivity index (χ0n) is 68.1. The van der Waals surface area contributed by atoms with E-state index in [1.807, 2.05) is 0 Å². The highest BCUT2D eigenvalue weighted by atomic mass is 31.2. The maximum absolute atomic E-state index is 13.1. The number of esters is 4. The Morgan fingerprint density at radius 3 is 0.700 bits per heavy atom. The molecular formula is C91H146O17P2. The van der Waals surface area contributed by atoms with Crippen molar-refractivity contribution in [3.8, 4) is 0 Å². The number of hydrogen-bond donors (Lipinski definition) is 3. The van der Waals surface area contributed by atoms with Gasteiger partial charge in [-0.3, -0.25) is 37.3 Å². The van der Waals surface area contributed by atoms with Crippen molar-refractivity contribution in [3.05, 3.63) is 194 Å². The van der Waals surface area contributed by atoms with E-state index in [-0.39, 0.29) is 25.7 Å². The Kier molecular flexibility index (Phi) is 76.4. The lowest BCUT2D eigenvalue weighted by Gasteiger charge is -2.21. The molecule has 5 unspecified atom stereocenters. The van der Waals surface area contributed by atoms with Gasteiger partial charge in [0.25, 0.3) is 0 Å². The van der Waals surface area contributed by atoms with Crippen LogP contribution in [0.2, 0.25) is 0 Å². The lowest BCUT2D eigenvalue weighted by molar-refractivity contribution is -0.161. The molecule has 0 rings (SSSR count). The van der Waals surface area contributed by atoms with Gasteiger partial charge in [-0.2, -0.15) is 0 Å². The van der Waals surface area contributed by atoms with E-state index in [1.165, 1.54) is 0 Å². The second-order valence-corrected chi connectivity index (χ2v) is 29.8. The van der Waals surface area contributed by atoms with Crippen LogP contribution in [0.15, 0.2) is 194 Å². The van der Waals surface area contributed by atoms with Crippen LogP contribution in [-0.2, 0) is 65.4 Å². The van der Waals surface area contributed by atoms with Crippen LogP contribution >= 0.6 is 15.6 Å². The molecule has 0 spiro atoms. The van der Waals surface area contributed by atoms with Crippen molar-refractivity contribution in [2.45, 2.75) is 316 Å². The summed E-state index contributed by atoms with van der Waals surface area (Å²) in [5.74, 6) is -2.30. The number of hydrogen-bond acceptors (Lipinski definition) is 15. The molecule has 622 valence electrons. The van der Waals surface area contributed by atoms with Gasteiger partial charge in [0.1, 0.15) is 19.3 Å². The van der Waals surface area contributed by atoms with Gasteiger partial charge < -0.3 is 33.8 Å². The van der Waals surface area contributed by atoms with E-state index in [9.17, 15) is 43.2 Å². The smallest absolute Gasteiger partial charge is 0.462 e. The fourth-order valence-corrected chi connectivity index (χ4v) is 11.9. The normalized spacial score (nSPS) is 14.8. The van der Waals surface area contributed by atoms with Crippen LogP contribution in [0, 0.1) is 0 Å². The third kappa shape index (κ3) is 80.0. The van der Waals surface area contributed by atoms with Crippen LogP contribution in [0.5, 0.6) is 0 Å². The minimum atomic E-state index is -5.01. The molecule has 0 radical (unpaired) electrons. The second-order valence-electron chi connectivity index (χ2n) is 26.9. The predicted molar refractivity (Wildman–Crippen MR) is 454 cm³/mol. The topological polar surface area (TPSA) is 237 Å². The Hall–Kier alpha value is -6.10. The van der Waals surface area contributed by atoms with Gasteiger partial charge >= 0.3 is 39.5 Å². The summed E-state index contributed by atoms with van der Waals surface area (Å²) in [5.41, 5.74) is 0. The van der Waals surface area contributed by atoms with Gasteiger partial charge in [0, 0.05) is 25.7 Å². The molecule has 0 aromatic carbocycles. The molecule has 0 aliphatic carbocycles. The Morgan fingerprint density at radius 2 is 0.445 bits per heavy atom. The first-order chi connectivity index (χ1) is 53.7. The Morgan fingerprint density at radius 1 is 0.255 bits per heavy atom. The van der Waals surface area contributed by atoms with Gasteiger partial charge in [-0.25, -0.2) is 9.13 Å². The fourth-order valence-electron chi connectivity index (χ4n) is 10.4. The van der Waals surface area contributed by atoms with Gasteiger partial charge in [0.2, 0.25) is 0 Å². The van der Waals surface area contributed by atoms with Crippen molar-refractivity contribution in [1.29, 1.82) is 0 Å². The molecule has 0 aromatic heterocycles. The first-order valence-corrected chi connectivity index (χ1v) is 44.7. The first-order valence-electron chi connectivity index (χ1n) is 41.7. The minimum Gasteiger partial charge on any atom is -0.462 e. The van der Waals surface area contributed by atoms with E-state index < -0.39 is 97.5 Å². The van der Waals surface area contributed by atoms with E-state index in [2.05, 4.69) is 222 Å². The van der Waals surface area contributed by atoms with Gasteiger partial charge in [0.15, 0.2) is 12.2 Å². The maximum atomic E-state index is 13.1. The van der Waals surface area contributed by atoms with Gasteiger partial charge in [0.05, 0.1) is 26.4 Å². The molecular weight excluding hydrogens is 1430 g/mol. The van der Waals surface area contributed by atoms with Crippen molar-refractivity contribution >= 4 is 39.5 Å². The number of ether oxygens (including phenoxy) is 4. The van der Waals surface area contributed by atoms with Crippen LogP contribution < -0.4 is 0 Å². The summed E-state index contributed by atoms with van der Waals surface area (Å²) in [7, 11) is -10.0. The molecule has 110 heavy (non-hydrogen) atoms. The fraction of sp³-hybridized carbons (Fsp3) is 0.604. The Bertz CT molecular complexity index is 2850. The van der Waals surface area contributed by atoms with Crippen LogP contribution in [-0.4, -0.2) is 96.7 Å². The minimum absolute atomic E-state index is 0.0293.